The molecule has 1 atom stereocenters. The molecular formula is C22H23FN4O2. The fraction of sp³-hybridized carbons (Fsp3) is 0.273. The van der Waals surface area contributed by atoms with E-state index in [1.165, 1.54) is 18.2 Å². The van der Waals surface area contributed by atoms with Crippen molar-refractivity contribution in [3.63, 3.8) is 0 Å². The van der Waals surface area contributed by atoms with E-state index in [1.54, 1.807) is 17.0 Å². The van der Waals surface area contributed by atoms with Gasteiger partial charge in [-0.05, 0) is 36.1 Å². The Hall–Kier alpha value is -3.35. The summed E-state index contributed by atoms with van der Waals surface area (Å²) in [4.78, 5) is 25.7. The SMILES string of the molecule is O=C(NC(CCc1ccc(F)cc1)c1ccccc1)N1CC(c2cc(=O)[nH][nH]2)C1. The molecule has 4 rings (SSSR count). The number of rotatable bonds is 6. The highest BCUT2D eigenvalue weighted by Crippen LogP contribution is 2.26. The first-order valence-corrected chi connectivity index (χ1v) is 9.71. The lowest BCUT2D eigenvalue weighted by Gasteiger charge is -2.39. The topological polar surface area (TPSA) is 81.0 Å². The number of aromatic amines is 2. The summed E-state index contributed by atoms with van der Waals surface area (Å²) < 4.78 is 13.1. The first-order valence-electron chi connectivity index (χ1n) is 9.71. The Morgan fingerprint density at radius 3 is 2.48 bits per heavy atom. The summed E-state index contributed by atoms with van der Waals surface area (Å²) in [5.74, 6) is -0.105. The number of carbonyl (C=O) groups excluding carboxylic acids is 1. The molecule has 3 aromatic rings. The summed E-state index contributed by atoms with van der Waals surface area (Å²) in [6.45, 7) is 1.14. The number of carbonyl (C=O) groups is 1. The highest BCUT2D eigenvalue weighted by atomic mass is 19.1. The normalized spacial score (nSPS) is 15.0. The van der Waals surface area contributed by atoms with Crippen LogP contribution in [0.15, 0.2) is 65.5 Å². The zero-order chi connectivity index (χ0) is 20.2. The largest absolute Gasteiger partial charge is 0.331 e. The molecule has 0 spiro atoms. The molecule has 0 saturated carbocycles. The second-order valence-electron chi connectivity index (χ2n) is 7.39. The van der Waals surface area contributed by atoms with Gasteiger partial charge in [0.1, 0.15) is 5.82 Å². The van der Waals surface area contributed by atoms with Gasteiger partial charge in [-0.2, -0.15) is 0 Å². The van der Waals surface area contributed by atoms with Crippen molar-refractivity contribution < 1.29 is 9.18 Å². The quantitative estimate of drug-likeness (QED) is 0.599. The summed E-state index contributed by atoms with van der Waals surface area (Å²) >= 11 is 0. The van der Waals surface area contributed by atoms with Crippen LogP contribution in [0.1, 0.15) is 35.2 Å². The van der Waals surface area contributed by atoms with Gasteiger partial charge in [0, 0.05) is 30.8 Å². The van der Waals surface area contributed by atoms with Gasteiger partial charge < -0.3 is 15.3 Å². The van der Waals surface area contributed by atoms with Crippen molar-refractivity contribution in [2.45, 2.75) is 24.8 Å². The number of aryl methyl sites for hydroxylation is 1. The Labute approximate surface area is 167 Å². The Balaban J connectivity index is 1.38. The molecule has 0 radical (unpaired) electrons. The van der Waals surface area contributed by atoms with Crippen LogP contribution in [0.4, 0.5) is 9.18 Å². The molecule has 0 bridgehead atoms. The number of hydrogen-bond acceptors (Lipinski definition) is 2. The standard InChI is InChI=1S/C22H23FN4O2/c23-18-9-6-15(7-10-18)8-11-19(16-4-2-1-3-5-16)24-22(29)27-13-17(14-27)20-12-21(28)26-25-20/h1-7,9-10,12,17,19H,8,11,13-14H2,(H,24,29)(H2,25,26,28). The minimum absolute atomic E-state index is 0.118. The van der Waals surface area contributed by atoms with E-state index in [0.717, 1.165) is 23.2 Å². The van der Waals surface area contributed by atoms with Gasteiger partial charge in [-0.3, -0.25) is 9.89 Å². The highest BCUT2D eigenvalue weighted by molar-refractivity contribution is 5.76. The molecule has 3 N–H and O–H groups in total. The van der Waals surface area contributed by atoms with Crippen LogP contribution in [0.3, 0.4) is 0 Å². The zero-order valence-electron chi connectivity index (χ0n) is 15.9. The predicted octanol–water partition coefficient (Wildman–Crippen LogP) is 3.33. The summed E-state index contributed by atoms with van der Waals surface area (Å²) in [5, 5.41) is 8.51. The average molecular weight is 394 g/mol. The number of benzene rings is 2. The summed E-state index contributed by atoms with van der Waals surface area (Å²) in [7, 11) is 0. The molecule has 6 nitrogen and oxygen atoms in total. The summed E-state index contributed by atoms with van der Waals surface area (Å²) in [6, 6.07) is 17.6. The molecule has 1 aliphatic heterocycles. The van der Waals surface area contributed by atoms with Crippen LogP contribution in [-0.4, -0.2) is 34.2 Å². The van der Waals surface area contributed by atoms with Crippen LogP contribution < -0.4 is 10.9 Å². The number of halogens is 1. The smallest absolute Gasteiger partial charge is 0.317 e. The fourth-order valence-corrected chi connectivity index (χ4v) is 3.62. The van der Waals surface area contributed by atoms with E-state index in [0.29, 0.717) is 19.5 Å². The molecule has 1 saturated heterocycles. The third-order valence-corrected chi connectivity index (χ3v) is 5.36. The maximum Gasteiger partial charge on any atom is 0.317 e. The third kappa shape index (κ3) is 4.56. The Kier molecular flexibility index (Phi) is 5.46. The van der Waals surface area contributed by atoms with Crippen LogP contribution in [0.25, 0.3) is 0 Å². The van der Waals surface area contributed by atoms with Gasteiger partial charge in [-0.25, -0.2) is 9.18 Å². The summed E-state index contributed by atoms with van der Waals surface area (Å²) in [6.07, 6.45) is 1.44. The summed E-state index contributed by atoms with van der Waals surface area (Å²) in [5.41, 5.74) is 2.74. The van der Waals surface area contributed by atoms with E-state index in [1.807, 2.05) is 30.3 Å². The average Bonchev–Trinajstić information content (AvgIpc) is 3.11. The van der Waals surface area contributed by atoms with Gasteiger partial charge in [0.15, 0.2) is 0 Å². The van der Waals surface area contributed by atoms with Gasteiger partial charge in [-0.1, -0.05) is 42.5 Å². The van der Waals surface area contributed by atoms with Crippen molar-refractivity contribution in [1.82, 2.24) is 20.4 Å². The van der Waals surface area contributed by atoms with Gasteiger partial charge >= 0.3 is 6.03 Å². The highest BCUT2D eigenvalue weighted by Gasteiger charge is 2.33. The van der Waals surface area contributed by atoms with E-state index in [2.05, 4.69) is 15.5 Å². The lowest BCUT2D eigenvalue weighted by Crippen LogP contribution is -2.53. The number of aromatic nitrogens is 2. The van der Waals surface area contributed by atoms with Crippen molar-refractivity contribution in [1.29, 1.82) is 0 Å². The predicted molar refractivity (Wildman–Crippen MR) is 108 cm³/mol. The minimum Gasteiger partial charge on any atom is -0.331 e. The first kappa shape index (κ1) is 19.0. The molecule has 1 aliphatic rings. The van der Waals surface area contributed by atoms with Gasteiger partial charge in [0.05, 0.1) is 6.04 Å². The first-order chi connectivity index (χ1) is 14.1. The molecule has 2 heterocycles. The van der Waals surface area contributed by atoms with Gasteiger partial charge in [0.2, 0.25) is 0 Å². The minimum atomic E-state index is -0.252. The Bertz CT molecular complexity index is 1010. The number of amides is 2. The molecule has 1 unspecified atom stereocenters. The lowest BCUT2D eigenvalue weighted by molar-refractivity contribution is 0.146. The molecule has 0 aliphatic carbocycles. The fourth-order valence-electron chi connectivity index (χ4n) is 3.62. The molecule has 1 aromatic heterocycles. The molecule has 29 heavy (non-hydrogen) atoms. The Morgan fingerprint density at radius 2 is 1.83 bits per heavy atom. The Morgan fingerprint density at radius 1 is 1.10 bits per heavy atom. The van der Waals surface area contributed by atoms with Crippen LogP contribution in [-0.2, 0) is 6.42 Å². The molecule has 2 amide bonds. The number of nitrogens with one attached hydrogen (secondary N) is 3. The van der Waals surface area contributed by atoms with Crippen molar-refractivity contribution in [3.05, 3.63) is 93.7 Å². The monoisotopic (exact) mass is 394 g/mol. The van der Waals surface area contributed by atoms with Crippen LogP contribution >= 0.6 is 0 Å². The molecular weight excluding hydrogens is 371 g/mol. The van der Waals surface area contributed by atoms with Crippen LogP contribution in [0.5, 0.6) is 0 Å². The number of H-pyrrole nitrogens is 2. The van der Waals surface area contributed by atoms with E-state index in [9.17, 15) is 14.0 Å². The molecule has 1 fully saturated rings. The number of hydrogen-bond donors (Lipinski definition) is 3. The third-order valence-electron chi connectivity index (χ3n) is 5.36. The van der Waals surface area contributed by atoms with Crippen molar-refractivity contribution >= 4 is 6.03 Å². The van der Waals surface area contributed by atoms with Crippen LogP contribution in [0.2, 0.25) is 0 Å². The van der Waals surface area contributed by atoms with E-state index in [4.69, 9.17) is 0 Å². The van der Waals surface area contributed by atoms with Crippen LogP contribution in [0, 0.1) is 5.82 Å². The second kappa shape index (κ2) is 8.34. The van der Waals surface area contributed by atoms with E-state index < -0.39 is 0 Å². The van der Waals surface area contributed by atoms with E-state index >= 15 is 0 Å². The van der Waals surface area contributed by atoms with Gasteiger partial charge in [-0.15, -0.1) is 0 Å². The maximum atomic E-state index is 13.1. The maximum absolute atomic E-state index is 13.1. The van der Waals surface area contributed by atoms with Crippen molar-refractivity contribution in [3.8, 4) is 0 Å². The lowest BCUT2D eigenvalue weighted by atomic mass is 9.96. The zero-order valence-corrected chi connectivity index (χ0v) is 15.9. The number of urea groups is 1. The van der Waals surface area contributed by atoms with Crippen molar-refractivity contribution in [2.75, 3.05) is 13.1 Å². The molecule has 150 valence electrons. The second-order valence-corrected chi connectivity index (χ2v) is 7.39. The van der Waals surface area contributed by atoms with Gasteiger partial charge in [0.25, 0.3) is 5.56 Å². The van der Waals surface area contributed by atoms with Crippen molar-refractivity contribution in [2.24, 2.45) is 0 Å². The number of nitrogens with zero attached hydrogens (tertiary/aromatic N) is 1. The molecule has 2 aromatic carbocycles. The number of likely N-dealkylation sites (tertiary alicyclic amines) is 1. The molecule has 7 heteroatoms. The van der Waals surface area contributed by atoms with E-state index in [-0.39, 0.29) is 29.4 Å².